The van der Waals surface area contributed by atoms with Crippen LogP contribution in [-0.4, -0.2) is 10.2 Å². The van der Waals surface area contributed by atoms with Crippen molar-refractivity contribution >= 4 is 57.3 Å². The molecule has 0 bridgehead atoms. The molecule has 0 radical (unpaired) electrons. The van der Waals surface area contributed by atoms with Crippen LogP contribution < -0.4 is 4.90 Å². The second-order valence-corrected chi connectivity index (χ2v) is 7.03. The number of nitrogens with zero attached hydrogens (tertiary/aromatic N) is 1. The summed E-state index contributed by atoms with van der Waals surface area (Å²) in [6.07, 6.45) is 1.90. The van der Waals surface area contributed by atoms with Gasteiger partial charge in [0.2, 0.25) is 0 Å². The fraction of sp³-hybridized carbons (Fsp3) is 0.0667. The molecule has 5 heteroatoms. The van der Waals surface area contributed by atoms with E-state index in [1.165, 1.54) is 11.8 Å². The van der Waals surface area contributed by atoms with E-state index >= 15 is 0 Å². The molecular formula is C15H11NOS3. The van der Waals surface area contributed by atoms with Crippen molar-refractivity contribution in [3.05, 3.63) is 57.1 Å². The Hall–Kier alpha value is -1.43. The van der Waals surface area contributed by atoms with Gasteiger partial charge in [-0.05, 0) is 42.1 Å². The summed E-state index contributed by atoms with van der Waals surface area (Å²) >= 11 is 8.31. The van der Waals surface area contributed by atoms with E-state index in [0.29, 0.717) is 9.23 Å². The van der Waals surface area contributed by atoms with Crippen LogP contribution in [0, 0.1) is 6.92 Å². The number of benzene rings is 1. The van der Waals surface area contributed by atoms with Gasteiger partial charge in [-0.1, -0.05) is 42.2 Å². The summed E-state index contributed by atoms with van der Waals surface area (Å²) in [7, 11) is 0. The number of amides is 1. The third kappa shape index (κ3) is 2.57. The first-order chi connectivity index (χ1) is 9.65. The Morgan fingerprint density at radius 1 is 1.25 bits per heavy atom. The van der Waals surface area contributed by atoms with Gasteiger partial charge in [-0.15, -0.1) is 11.3 Å². The second kappa shape index (κ2) is 5.52. The molecule has 100 valence electrons. The molecule has 1 aliphatic rings. The second-order valence-electron chi connectivity index (χ2n) is 4.37. The number of carbonyl (C=O) groups excluding carboxylic acids is 1. The number of hydrogen-bond acceptors (Lipinski definition) is 4. The highest BCUT2D eigenvalue weighted by molar-refractivity contribution is 8.27. The molecule has 0 N–H and O–H groups in total. The molecule has 0 unspecified atom stereocenters. The quantitative estimate of drug-likeness (QED) is 0.602. The summed E-state index contributed by atoms with van der Waals surface area (Å²) in [5.74, 6) is -0.0426. The molecule has 0 spiro atoms. The van der Waals surface area contributed by atoms with Crippen LogP contribution in [0.1, 0.15) is 10.4 Å². The molecule has 1 aromatic heterocycles. The molecule has 1 aromatic carbocycles. The number of thiocarbonyl (C=S) groups is 1. The first-order valence-corrected chi connectivity index (χ1v) is 8.14. The van der Waals surface area contributed by atoms with Crippen LogP contribution in [0.3, 0.4) is 0 Å². The third-order valence-electron chi connectivity index (χ3n) is 2.87. The van der Waals surface area contributed by atoms with E-state index in [-0.39, 0.29) is 5.91 Å². The molecule has 0 saturated carbocycles. The smallest absolute Gasteiger partial charge is 0.268 e. The summed E-state index contributed by atoms with van der Waals surface area (Å²) in [6.45, 7) is 2.00. The number of carbonyl (C=O) groups is 1. The molecule has 1 saturated heterocycles. The fourth-order valence-corrected chi connectivity index (χ4v) is 3.98. The Kier molecular flexibility index (Phi) is 3.74. The molecule has 1 aliphatic heterocycles. The molecule has 0 aliphatic carbocycles. The number of aryl methyl sites for hydroxylation is 1. The SMILES string of the molecule is Cc1cccc(N2C(=O)/C(=C\c3cccs3)SC2=S)c1. The molecule has 20 heavy (non-hydrogen) atoms. The highest BCUT2D eigenvalue weighted by Gasteiger charge is 2.33. The Labute approximate surface area is 131 Å². The maximum Gasteiger partial charge on any atom is 0.270 e. The van der Waals surface area contributed by atoms with Gasteiger partial charge in [0.15, 0.2) is 4.32 Å². The summed E-state index contributed by atoms with van der Waals surface area (Å²) in [6, 6.07) is 11.8. The van der Waals surface area contributed by atoms with Crippen LogP contribution in [0.5, 0.6) is 0 Å². The maximum atomic E-state index is 12.5. The zero-order valence-corrected chi connectivity index (χ0v) is 13.1. The minimum absolute atomic E-state index is 0.0426. The van der Waals surface area contributed by atoms with Crippen molar-refractivity contribution in [3.63, 3.8) is 0 Å². The minimum Gasteiger partial charge on any atom is -0.268 e. The van der Waals surface area contributed by atoms with Crippen molar-refractivity contribution in [2.45, 2.75) is 6.92 Å². The van der Waals surface area contributed by atoms with Crippen LogP contribution in [0.2, 0.25) is 0 Å². The summed E-state index contributed by atoms with van der Waals surface area (Å²) in [5, 5.41) is 1.99. The third-order valence-corrected chi connectivity index (χ3v) is 4.99. The van der Waals surface area contributed by atoms with Crippen LogP contribution in [0.15, 0.2) is 46.7 Å². The Balaban J connectivity index is 1.95. The Bertz CT molecular complexity index is 704. The van der Waals surface area contributed by atoms with Crippen LogP contribution in [0.25, 0.3) is 6.08 Å². The van der Waals surface area contributed by atoms with Gasteiger partial charge in [-0.2, -0.15) is 0 Å². The fourth-order valence-electron chi connectivity index (χ4n) is 1.96. The normalized spacial score (nSPS) is 17.2. The van der Waals surface area contributed by atoms with E-state index in [1.54, 1.807) is 16.2 Å². The average Bonchev–Trinajstić information content (AvgIpc) is 2.99. The molecule has 1 amide bonds. The zero-order valence-electron chi connectivity index (χ0n) is 10.7. The molecule has 2 nitrogen and oxygen atoms in total. The largest absolute Gasteiger partial charge is 0.270 e. The number of rotatable bonds is 2. The van der Waals surface area contributed by atoms with E-state index in [1.807, 2.05) is 54.8 Å². The van der Waals surface area contributed by atoms with E-state index in [2.05, 4.69) is 0 Å². The highest BCUT2D eigenvalue weighted by atomic mass is 32.2. The van der Waals surface area contributed by atoms with Gasteiger partial charge < -0.3 is 0 Å². The Morgan fingerprint density at radius 2 is 2.10 bits per heavy atom. The van der Waals surface area contributed by atoms with Crippen molar-refractivity contribution in [2.75, 3.05) is 4.90 Å². The standard InChI is InChI=1S/C15H11NOS3/c1-10-4-2-5-11(8-10)16-14(17)13(20-15(16)18)9-12-6-3-7-19-12/h2-9H,1H3/b13-9+. The van der Waals surface area contributed by atoms with Crippen molar-refractivity contribution < 1.29 is 4.79 Å². The van der Waals surface area contributed by atoms with Gasteiger partial charge in [0.1, 0.15) is 0 Å². The van der Waals surface area contributed by atoms with Crippen molar-refractivity contribution in [1.82, 2.24) is 0 Å². The van der Waals surface area contributed by atoms with E-state index in [9.17, 15) is 4.79 Å². The minimum atomic E-state index is -0.0426. The predicted octanol–water partition coefficient (Wildman–Crippen LogP) is 4.46. The average molecular weight is 317 g/mol. The summed E-state index contributed by atoms with van der Waals surface area (Å²) in [4.78, 5) is 15.9. The predicted molar refractivity (Wildman–Crippen MR) is 91.2 cm³/mol. The Morgan fingerprint density at radius 3 is 2.80 bits per heavy atom. The lowest BCUT2D eigenvalue weighted by Gasteiger charge is -2.14. The van der Waals surface area contributed by atoms with E-state index in [4.69, 9.17) is 12.2 Å². The number of hydrogen-bond donors (Lipinski definition) is 0. The van der Waals surface area contributed by atoms with Gasteiger partial charge in [0.05, 0.1) is 10.6 Å². The highest BCUT2D eigenvalue weighted by Crippen LogP contribution is 2.36. The lowest BCUT2D eigenvalue weighted by molar-refractivity contribution is -0.113. The summed E-state index contributed by atoms with van der Waals surface area (Å²) < 4.78 is 0.586. The van der Waals surface area contributed by atoms with Gasteiger partial charge in [0.25, 0.3) is 5.91 Å². The van der Waals surface area contributed by atoms with Gasteiger partial charge >= 0.3 is 0 Å². The molecule has 1 fully saturated rings. The first kappa shape index (κ1) is 13.5. The van der Waals surface area contributed by atoms with Crippen LogP contribution in [-0.2, 0) is 4.79 Å². The van der Waals surface area contributed by atoms with Gasteiger partial charge in [0, 0.05) is 4.88 Å². The zero-order chi connectivity index (χ0) is 14.1. The molecular weight excluding hydrogens is 306 g/mol. The molecule has 2 aromatic rings. The first-order valence-electron chi connectivity index (χ1n) is 6.03. The number of thioether (sulfide) groups is 1. The molecule has 3 rings (SSSR count). The maximum absolute atomic E-state index is 12.5. The van der Waals surface area contributed by atoms with Crippen molar-refractivity contribution in [1.29, 1.82) is 0 Å². The monoisotopic (exact) mass is 317 g/mol. The number of thiophene rings is 1. The number of anilines is 1. The lowest BCUT2D eigenvalue weighted by atomic mass is 10.2. The molecule has 0 atom stereocenters. The topological polar surface area (TPSA) is 20.3 Å². The van der Waals surface area contributed by atoms with Crippen LogP contribution >= 0.6 is 35.3 Å². The van der Waals surface area contributed by atoms with E-state index in [0.717, 1.165) is 16.1 Å². The lowest BCUT2D eigenvalue weighted by Crippen LogP contribution is -2.27. The van der Waals surface area contributed by atoms with Crippen LogP contribution in [0.4, 0.5) is 5.69 Å². The van der Waals surface area contributed by atoms with Crippen molar-refractivity contribution in [3.8, 4) is 0 Å². The van der Waals surface area contributed by atoms with Gasteiger partial charge in [-0.25, -0.2) is 0 Å². The summed E-state index contributed by atoms with van der Waals surface area (Å²) in [5.41, 5.74) is 1.95. The van der Waals surface area contributed by atoms with E-state index < -0.39 is 0 Å². The van der Waals surface area contributed by atoms with Gasteiger partial charge in [-0.3, -0.25) is 9.69 Å². The van der Waals surface area contributed by atoms with Crippen molar-refractivity contribution in [2.24, 2.45) is 0 Å². The molecule has 2 heterocycles.